The standard InChI is InChI=1S/C15H19BrN4O/c1-10(11-4-2-6-17-9-11)8-13-19-15(20-21-13)14-12(16)5-3-7-18-14/h3,5,7,10-11,17H,2,4,6,8-9H2,1H3. The molecule has 2 aromatic rings. The minimum atomic E-state index is 0.540. The van der Waals surface area contributed by atoms with Crippen LogP contribution in [0.4, 0.5) is 0 Å². The number of hydrogen-bond acceptors (Lipinski definition) is 5. The van der Waals surface area contributed by atoms with E-state index in [2.05, 4.69) is 43.3 Å². The molecule has 6 heteroatoms. The van der Waals surface area contributed by atoms with Crippen LogP contribution in [-0.4, -0.2) is 28.2 Å². The molecule has 2 unspecified atom stereocenters. The molecule has 0 bridgehead atoms. The molecule has 21 heavy (non-hydrogen) atoms. The smallest absolute Gasteiger partial charge is 0.227 e. The maximum Gasteiger partial charge on any atom is 0.227 e. The Balaban J connectivity index is 1.69. The number of nitrogens with zero attached hydrogens (tertiary/aromatic N) is 3. The van der Waals surface area contributed by atoms with Gasteiger partial charge in [0.25, 0.3) is 0 Å². The number of hydrogen-bond donors (Lipinski definition) is 1. The van der Waals surface area contributed by atoms with E-state index in [9.17, 15) is 0 Å². The Morgan fingerprint density at radius 3 is 3.19 bits per heavy atom. The minimum absolute atomic E-state index is 0.540. The molecule has 1 fully saturated rings. The van der Waals surface area contributed by atoms with Crippen LogP contribution >= 0.6 is 15.9 Å². The molecule has 0 aromatic carbocycles. The van der Waals surface area contributed by atoms with Crippen molar-refractivity contribution in [3.63, 3.8) is 0 Å². The van der Waals surface area contributed by atoms with Crippen molar-refractivity contribution in [1.82, 2.24) is 20.4 Å². The highest BCUT2D eigenvalue weighted by molar-refractivity contribution is 9.10. The summed E-state index contributed by atoms with van der Waals surface area (Å²) < 4.78 is 6.27. The van der Waals surface area contributed by atoms with E-state index in [-0.39, 0.29) is 0 Å². The predicted molar refractivity (Wildman–Crippen MR) is 83.7 cm³/mol. The van der Waals surface area contributed by atoms with Crippen LogP contribution in [0.25, 0.3) is 11.5 Å². The van der Waals surface area contributed by atoms with Gasteiger partial charge in [-0.1, -0.05) is 12.1 Å². The van der Waals surface area contributed by atoms with Gasteiger partial charge in [0.2, 0.25) is 11.7 Å². The van der Waals surface area contributed by atoms with Crippen molar-refractivity contribution < 1.29 is 4.52 Å². The Hall–Kier alpha value is -1.27. The molecule has 1 aliphatic rings. The molecule has 0 aliphatic carbocycles. The third kappa shape index (κ3) is 3.49. The van der Waals surface area contributed by atoms with Gasteiger partial charge in [0.05, 0.1) is 0 Å². The molecule has 1 N–H and O–H groups in total. The summed E-state index contributed by atoms with van der Waals surface area (Å²) >= 11 is 3.46. The van der Waals surface area contributed by atoms with E-state index in [1.54, 1.807) is 6.20 Å². The lowest BCUT2D eigenvalue weighted by atomic mass is 9.85. The van der Waals surface area contributed by atoms with Crippen molar-refractivity contribution in [2.45, 2.75) is 26.2 Å². The first-order valence-electron chi connectivity index (χ1n) is 7.38. The number of aromatic nitrogens is 3. The van der Waals surface area contributed by atoms with Gasteiger partial charge < -0.3 is 9.84 Å². The molecule has 0 saturated carbocycles. The lowest BCUT2D eigenvalue weighted by Gasteiger charge is -2.27. The van der Waals surface area contributed by atoms with Gasteiger partial charge in [-0.25, -0.2) is 0 Å². The fraction of sp³-hybridized carbons (Fsp3) is 0.533. The molecule has 1 saturated heterocycles. The number of pyridine rings is 1. The topological polar surface area (TPSA) is 63.8 Å². The molecule has 5 nitrogen and oxygen atoms in total. The molecule has 112 valence electrons. The van der Waals surface area contributed by atoms with Crippen LogP contribution < -0.4 is 5.32 Å². The number of rotatable bonds is 4. The fourth-order valence-corrected chi connectivity index (χ4v) is 3.22. The van der Waals surface area contributed by atoms with E-state index < -0.39 is 0 Å². The van der Waals surface area contributed by atoms with Gasteiger partial charge in [-0.05, 0) is 65.8 Å². The zero-order valence-electron chi connectivity index (χ0n) is 12.1. The minimum Gasteiger partial charge on any atom is -0.339 e. The Morgan fingerprint density at radius 1 is 1.52 bits per heavy atom. The number of piperidine rings is 1. The second-order valence-corrected chi connectivity index (χ2v) is 6.49. The Morgan fingerprint density at radius 2 is 2.43 bits per heavy atom. The van der Waals surface area contributed by atoms with E-state index in [1.807, 2.05) is 12.1 Å². The molecule has 3 heterocycles. The van der Waals surface area contributed by atoms with E-state index in [0.29, 0.717) is 23.6 Å². The molecule has 3 rings (SSSR count). The van der Waals surface area contributed by atoms with Gasteiger partial charge in [0.1, 0.15) is 5.69 Å². The first kappa shape index (κ1) is 14.7. The lowest BCUT2D eigenvalue weighted by Crippen LogP contribution is -2.33. The lowest BCUT2D eigenvalue weighted by molar-refractivity contribution is 0.257. The van der Waals surface area contributed by atoms with E-state index in [0.717, 1.165) is 29.7 Å². The maximum absolute atomic E-state index is 5.39. The van der Waals surface area contributed by atoms with Crippen LogP contribution in [0.2, 0.25) is 0 Å². The molecular formula is C15H19BrN4O. The van der Waals surface area contributed by atoms with Crippen LogP contribution in [-0.2, 0) is 6.42 Å². The van der Waals surface area contributed by atoms with Gasteiger partial charge >= 0.3 is 0 Å². The summed E-state index contributed by atoms with van der Waals surface area (Å²) in [5.74, 6) is 2.47. The zero-order valence-corrected chi connectivity index (χ0v) is 13.6. The van der Waals surface area contributed by atoms with Crippen molar-refractivity contribution in [3.05, 3.63) is 28.7 Å². The van der Waals surface area contributed by atoms with Crippen LogP contribution in [0.3, 0.4) is 0 Å². The van der Waals surface area contributed by atoms with Gasteiger partial charge in [0.15, 0.2) is 0 Å². The zero-order chi connectivity index (χ0) is 14.7. The highest BCUT2D eigenvalue weighted by atomic mass is 79.9. The van der Waals surface area contributed by atoms with Crippen molar-refractivity contribution in [2.75, 3.05) is 13.1 Å². The predicted octanol–water partition coefficient (Wildman–Crippen LogP) is 3.07. The SMILES string of the molecule is CC(Cc1nc(-c2ncccc2Br)no1)C1CCCNC1. The summed E-state index contributed by atoms with van der Waals surface area (Å²) in [6.07, 6.45) is 5.09. The maximum atomic E-state index is 5.39. The van der Waals surface area contributed by atoms with Crippen molar-refractivity contribution in [2.24, 2.45) is 11.8 Å². The monoisotopic (exact) mass is 350 g/mol. The fourth-order valence-electron chi connectivity index (χ4n) is 2.79. The number of nitrogens with one attached hydrogen (secondary N) is 1. The Bertz CT molecular complexity index is 595. The summed E-state index contributed by atoms with van der Waals surface area (Å²) in [7, 11) is 0. The molecule has 2 aromatic heterocycles. The molecule has 0 amide bonds. The average Bonchev–Trinajstić information content (AvgIpc) is 2.97. The Kier molecular flexibility index (Phi) is 4.65. The second kappa shape index (κ2) is 6.66. The largest absolute Gasteiger partial charge is 0.339 e. The summed E-state index contributed by atoms with van der Waals surface area (Å²) in [6, 6.07) is 3.79. The normalized spacial score (nSPS) is 20.4. The summed E-state index contributed by atoms with van der Waals surface area (Å²) in [6.45, 7) is 4.49. The summed E-state index contributed by atoms with van der Waals surface area (Å²) in [5.41, 5.74) is 0.722. The van der Waals surface area contributed by atoms with Crippen LogP contribution in [0, 0.1) is 11.8 Å². The molecule has 0 spiro atoms. The van der Waals surface area contributed by atoms with Gasteiger partial charge in [-0.2, -0.15) is 4.98 Å². The number of halogens is 1. The second-order valence-electron chi connectivity index (χ2n) is 5.63. The molecular weight excluding hydrogens is 332 g/mol. The summed E-state index contributed by atoms with van der Waals surface area (Å²) in [5, 5.41) is 7.51. The first-order valence-corrected chi connectivity index (χ1v) is 8.17. The van der Waals surface area contributed by atoms with Gasteiger partial charge in [-0.15, -0.1) is 0 Å². The van der Waals surface area contributed by atoms with Crippen LogP contribution in [0.1, 0.15) is 25.7 Å². The molecule has 1 aliphatic heterocycles. The van der Waals surface area contributed by atoms with Crippen molar-refractivity contribution in [3.8, 4) is 11.5 Å². The summed E-state index contributed by atoms with van der Waals surface area (Å²) in [4.78, 5) is 8.77. The van der Waals surface area contributed by atoms with E-state index in [4.69, 9.17) is 4.52 Å². The first-order chi connectivity index (χ1) is 10.2. The highest BCUT2D eigenvalue weighted by Crippen LogP contribution is 2.26. The van der Waals surface area contributed by atoms with Crippen LogP contribution in [0.15, 0.2) is 27.3 Å². The van der Waals surface area contributed by atoms with Gasteiger partial charge in [-0.3, -0.25) is 4.98 Å². The van der Waals surface area contributed by atoms with E-state index >= 15 is 0 Å². The highest BCUT2D eigenvalue weighted by Gasteiger charge is 2.22. The average molecular weight is 351 g/mol. The van der Waals surface area contributed by atoms with Gasteiger partial charge in [0, 0.05) is 17.1 Å². The quantitative estimate of drug-likeness (QED) is 0.917. The third-order valence-electron chi connectivity index (χ3n) is 4.07. The third-order valence-corrected chi connectivity index (χ3v) is 4.71. The Labute approximate surface area is 132 Å². The van der Waals surface area contributed by atoms with Crippen LogP contribution in [0.5, 0.6) is 0 Å². The molecule has 0 radical (unpaired) electrons. The molecule has 2 atom stereocenters. The van der Waals surface area contributed by atoms with E-state index in [1.165, 1.54) is 12.8 Å². The van der Waals surface area contributed by atoms with Crippen molar-refractivity contribution in [1.29, 1.82) is 0 Å². The van der Waals surface area contributed by atoms with Crippen molar-refractivity contribution >= 4 is 15.9 Å².